The lowest BCUT2D eigenvalue weighted by atomic mass is 10.1. The fraction of sp³-hybridized carbons (Fsp3) is 0.176. The van der Waals surface area contributed by atoms with E-state index < -0.39 is 0 Å². The Hall–Kier alpha value is -2.62. The van der Waals surface area contributed by atoms with Gasteiger partial charge in [0.05, 0.1) is 6.42 Å². The summed E-state index contributed by atoms with van der Waals surface area (Å²) in [6, 6.07) is 14.5. The van der Waals surface area contributed by atoms with Gasteiger partial charge >= 0.3 is 5.97 Å². The van der Waals surface area contributed by atoms with E-state index in [-0.39, 0.29) is 18.3 Å². The zero-order valence-electron chi connectivity index (χ0n) is 12.1. The standard InChI is InChI=1S/C17H17NO3/c1-12-3-7-15(8-4-12)18-17(20)11-14-5-9-16(10-6-14)21-13(2)19/h3-10H,11H2,1-2H3,(H,18,20). The predicted octanol–water partition coefficient (Wildman–Crippen LogP) is 3.10. The van der Waals surface area contributed by atoms with Crippen LogP contribution in [0.5, 0.6) is 5.75 Å². The summed E-state index contributed by atoms with van der Waals surface area (Å²) in [7, 11) is 0. The van der Waals surface area contributed by atoms with Crippen molar-refractivity contribution < 1.29 is 14.3 Å². The molecule has 0 unspecified atom stereocenters. The van der Waals surface area contributed by atoms with Crippen LogP contribution in [0.2, 0.25) is 0 Å². The van der Waals surface area contributed by atoms with Crippen LogP contribution in [0.3, 0.4) is 0 Å². The van der Waals surface area contributed by atoms with Gasteiger partial charge in [0, 0.05) is 12.6 Å². The summed E-state index contributed by atoms with van der Waals surface area (Å²) < 4.78 is 4.94. The largest absolute Gasteiger partial charge is 0.427 e. The molecule has 0 aliphatic carbocycles. The van der Waals surface area contributed by atoms with Crippen LogP contribution in [-0.2, 0) is 16.0 Å². The Bertz CT molecular complexity index is 630. The smallest absolute Gasteiger partial charge is 0.308 e. The molecule has 0 heterocycles. The molecule has 0 aliphatic heterocycles. The first-order chi connectivity index (χ1) is 10.0. The first-order valence-corrected chi connectivity index (χ1v) is 6.67. The molecule has 4 nitrogen and oxygen atoms in total. The summed E-state index contributed by atoms with van der Waals surface area (Å²) in [4.78, 5) is 22.7. The first-order valence-electron chi connectivity index (χ1n) is 6.67. The first kappa shape index (κ1) is 14.8. The second-order valence-electron chi connectivity index (χ2n) is 4.83. The zero-order valence-corrected chi connectivity index (χ0v) is 12.1. The minimum Gasteiger partial charge on any atom is -0.427 e. The molecule has 108 valence electrons. The van der Waals surface area contributed by atoms with E-state index in [9.17, 15) is 9.59 Å². The molecule has 21 heavy (non-hydrogen) atoms. The Morgan fingerprint density at radius 1 is 1.00 bits per heavy atom. The lowest BCUT2D eigenvalue weighted by molar-refractivity contribution is -0.131. The molecule has 2 rings (SSSR count). The Balaban J connectivity index is 1.93. The number of rotatable bonds is 4. The van der Waals surface area contributed by atoms with Crippen molar-refractivity contribution in [2.24, 2.45) is 0 Å². The van der Waals surface area contributed by atoms with Crippen molar-refractivity contribution in [2.75, 3.05) is 5.32 Å². The molecule has 4 heteroatoms. The number of ether oxygens (including phenoxy) is 1. The van der Waals surface area contributed by atoms with Gasteiger partial charge in [0.15, 0.2) is 0 Å². The van der Waals surface area contributed by atoms with Crippen molar-refractivity contribution in [3.8, 4) is 5.75 Å². The van der Waals surface area contributed by atoms with Gasteiger partial charge in [-0.15, -0.1) is 0 Å². The Kier molecular flexibility index (Phi) is 4.72. The monoisotopic (exact) mass is 283 g/mol. The second kappa shape index (κ2) is 6.70. The van der Waals surface area contributed by atoms with Crippen LogP contribution >= 0.6 is 0 Å². The van der Waals surface area contributed by atoms with Crippen molar-refractivity contribution in [1.82, 2.24) is 0 Å². The van der Waals surface area contributed by atoms with E-state index in [1.165, 1.54) is 6.92 Å². The number of amides is 1. The average Bonchev–Trinajstić information content (AvgIpc) is 2.43. The van der Waals surface area contributed by atoms with Crippen LogP contribution in [0.15, 0.2) is 48.5 Å². The van der Waals surface area contributed by atoms with Gasteiger partial charge in [0.25, 0.3) is 0 Å². The molecule has 0 saturated carbocycles. The molecular weight excluding hydrogens is 266 g/mol. The van der Waals surface area contributed by atoms with E-state index in [1.807, 2.05) is 31.2 Å². The molecule has 0 fully saturated rings. The van der Waals surface area contributed by atoms with Crippen LogP contribution in [0.1, 0.15) is 18.1 Å². The fourth-order valence-electron chi connectivity index (χ4n) is 1.87. The SMILES string of the molecule is CC(=O)Oc1ccc(CC(=O)Nc2ccc(C)cc2)cc1. The number of nitrogens with one attached hydrogen (secondary N) is 1. The molecule has 0 aliphatic rings. The van der Waals surface area contributed by atoms with Gasteiger partial charge < -0.3 is 10.1 Å². The maximum absolute atomic E-state index is 11.9. The molecule has 0 spiro atoms. The molecule has 1 N–H and O–H groups in total. The van der Waals surface area contributed by atoms with Crippen LogP contribution in [0.25, 0.3) is 0 Å². The van der Waals surface area contributed by atoms with Crippen molar-refractivity contribution in [1.29, 1.82) is 0 Å². The number of aryl methyl sites for hydroxylation is 1. The van der Waals surface area contributed by atoms with E-state index in [1.54, 1.807) is 24.3 Å². The fourth-order valence-corrected chi connectivity index (χ4v) is 1.87. The molecular formula is C17H17NO3. The summed E-state index contributed by atoms with van der Waals surface area (Å²) >= 11 is 0. The van der Waals surface area contributed by atoms with Crippen molar-refractivity contribution >= 4 is 17.6 Å². The molecule has 0 radical (unpaired) electrons. The maximum Gasteiger partial charge on any atom is 0.308 e. The summed E-state index contributed by atoms with van der Waals surface area (Å²) in [5.74, 6) is 0.0316. The van der Waals surface area contributed by atoms with E-state index in [2.05, 4.69) is 5.32 Å². The minimum atomic E-state index is -0.361. The second-order valence-corrected chi connectivity index (χ2v) is 4.83. The number of hydrogen-bond donors (Lipinski definition) is 1. The number of hydrogen-bond acceptors (Lipinski definition) is 3. The van der Waals surface area contributed by atoms with Gasteiger partial charge in [0.1, 0.15) is 5.75 Å². The number of anilines is 1. The Morgan fingerprint density at radius 3 is 2.19 bits per heavy atom. The minimum absolute atomic E-state index is 0.0842. The zero-order chi connectivity index (χ0) is 15.2. The normalized spacial score (nSPS) is 10.0. The van der Waals surface area contributed by atoms with E-state index in [0.29, 0.717) is 5.75 Å². The van der Waals surface area contributed by atoms with Crippen LogP contribution in [0.4, 0.5) is 5.69 Å². The van der Waals surface area contributed by atoms with E-state index >= 15 is 0 Å². The van der Waals surface area contributed by atoms with Gasteiger partial charge in [-0.3, -0.25) is 9.59 Å². The van der Waals surface area contributed by atoms with Gasteiger partial charge in [0.2, 0.25) is 5.91 Å². The highest BCUT2D eigenvalue weighted by atomic mass is 16.5. The Morgan fingerprint density at radius 2 is 1.62 bits per heavy atom. The maximum atomic E-state index is 11.9. The Labute approximate surface area is 123 Å². The summed E-state index contributed by atoms with van der Waals surface area (Å²) in [6.45, 7) is 3.35. The molecule has 0 bridgehead atoms. The highest BCUT2D eigenvalue weighted by Gasteiger charge is 2.05. The van der Waals surface area contributed by atoms with Crippen LogP contribution < -0.4 is 10.1 Å². The highest BCUT2D eigenvalue weighted by molar-refractivity contribution is 5.92. The summed E-state index contributed by atoms with van der Waals surface area (Å²) in [6.07, 6.45) is 0.272. The molecule has 1 amide bonds. The highest BCUT2D eigenvalue weighted by Crippen LogP contribution is 2.14. The van der Waals surface area contributed by atoms with E-state index in [4.69, 9.17) is 4.74 Å². The summed E-state index contributed by atoms with van der Waals surface area (Å²) in [5.41, 5.74) is 2.78. The van der Waals surface area contributed by atoms with Crippen molar-refractivity contribution in [2.45, 2.75) is 20.3 Å². The topological polar surface area (TPSA) is 55.4 Å². The van der Waals surface area contributed by atoms with Gasteiger partial charge in [-0.25, -0.2) is 0 Å². The van der Waals surface area contributed by atoms with Gasteiger partial charge in [-0.1, -0.05) is 29.8 Å². The van der Waals surface area contributed by atoms with E-state index in [0.717, 1.165) is 16.8 Å². The van der Waals surface area contributed by atoms with Crippen LogP contribution in [0, 0.1) is 6.92 Å². The van der Waals surface area contributed by atoms with Crippen molar-refractivity contribution in [3.05, 3.63) is 59.7 Å². The number of carbonyl (C=O) groups is 2. The lowest BCUT2D eigenvalue weighted by Crippen LogP contribution is -2.14. The third-order valence-electron chi connectivity index (χ3n) is 2.88. The third-order valence-corrected chi connectivity index (χ3v) is 2.88. The average molecular weight is 283 g/mol. The molecule has 2 aromatic rings. The van der Waals surface area contributed by atoms with Gasteiger partial charge in [-0.05, 0) is 36.8 Å². The number of carbonyl (C=O) groups excluding carboxylic acids is 2. The van der Waals surface area contributed by atoms with Crippen LogP contribution in [-0.4, -0.2) is 11.9 Å². The number of esters is 1. The summed E-state index contributed by atoms with van der Waals surface area (Å²) in [5, 5.41) is 2.84. The predicted molar refractivity (Wildman–Crippen MR) is 81.3 cm³/mol. The molecule has 0 saturated heterocycles. The van der Waals surface area contributed by atoms with Gasteiger partial charge in [-0.2, -0.15) is 0 Å². The lowest BCUT2D eigenvalue weighted by Gasteiger charge is -2.06. The quantitative estimate of drug-likeness (QED) is 0.693. The third kappa shape index (κ3) is 4.76. The van der Waals surface area contributed by atoms with Crippen molar-refractivity contribution in [3.63, 3.8) is 0 Å². The number of benzene rings is 2. The molecule has 2 aromatic carbocycles. The molecule has 0 aromatic heterocycles. The molecule has 0 atom stereocenters.